The molecule has 1 N–H and O–H groups in total. The first kappa shape index (κ1) is 20.5. The van der Waals surface area contributed by atoms with Crippen LogP contribution in [-0.2, 0) is 0 Å². The molecule has 0 aliphatic rings. The van der Waals surface area contributed by atoms with Gasteiger partial charge in [-0.15, -0.1) is 0 Å². The van der Waals surface area contributed by atoms with Crippen molar-refractivity contribution < 1.29 is 4.92 Å². The summed E-state index contributed by atoms with van der Waals surface area (Å²) in [5.41, 5.74) is 4.85. The zero-order valence-electron chi connectivity index (χ0n) is 16.4. The van der Waals surface area contributed by atoms with E-state index in [1.165, 1.54) is 17.3 Å². The van der Waals surface area contributed by atoms with Gasteiger partial charge in [-0.3, -0.25) is 15.1 Å². The highest BCUT2D eigenvalue weighted by molar-refractivity contribution is 9.10. The minimum Gasteiger partial charge on any atom is -0.361 e. The van der Waals surface area contributed by atoms with Gasteiger partial charge in [0.05, 0.1) is 10.5 Å². The SMILES string of the molecule is Brc1cccc(-c2ccccc2)c1.O=[N+]([O-])c1cnccc1-c1ccc2cc[nH]c2c1. The third-order valence-corrected chi connectivity index (χ3v) is 5.29. The van der Waals surface area contributed by atoms with Gasteiger partial charge in [0.15, 0.2) is 0 Å². The van der Waals surface area contributed by atoms with E-state index in [0.717, 1.165) is 20.9 Å². The molecule has 152 valence electrons. The highest BCUT2D eigenvalue weighted by atomic mass is 79.9. The van der Waals surface area contributed by atoms with E-state index in [9.17, 15) is 10.1 Å². The second kappa shape index (κ2) is 9.36. The lowest BCUT2D eigenvalue weighted by atomic mass is 10.0. The number of rotatable bonds is 3. The second-order valence-corrected chi connectivity index (χ2v) is 7.72. The maximum Gasteiger partial charge on any atom is 0.295 e. The molecule has 5 rings (SSSR count). The van der Waals surface area contributed by atoms with Crippen LogP contribution >= 0.6 is 15.9 Å². The first-order chi connectivity index (χ1) is 15.1. The van der Waals surface area contributed by atoms with E-state index in [-0.39, 0.29) is 5.69 Å². The molecule has 0 saturated carbocycles. The van der Waals surface area contributed by atoms with Crippen LogP contribution in [0.1, 0.15) is 0 Å². The average molecular weight is 472 g/mol. The highest BCUT2D eigenvalue weighted by Crippen LogP contribution is 2.30. The molecule has 3 aromatic carbocycles. The molecule has 2 heterocycles. The van der Waals surface area contributed by atoms with Gasteiger partial charge < -0.3 is 4.98 Å². The molecule has 0 spiro atoms. The number of nitrogens with one attached hydrogen (secondary N) is 1. The first-order valence-electron chi connectivity index (χ1n) is 9.59. The van der Waals surface area contributed by atoms with E-state index in [4.69, 9.17) is 0 Å². The van der Waals surface area contributed by atoms with Gasteiger partial charge in [-0.25, -0.2) is 0 Å². The third kappa shape index (κ3) is 4.87. The molecule has 0 fully saturated rings. The normalized spacial score (nSPS) is 10.4. The Labute approximate surface area is 187 Å². The Morgan fingerprint density at radius 3 is 2.42 bits per heavy atom. The molecule has 5 nitrogen and oxygen atoms in total. The lowest BCUT2D eigenvalue weighted by Gasteiger charge is -2.02. The van der Waals surface area contributed by atoms with Crippen molar-refractivity contribution in [1.29, 1.82) is 0 Å². The molecule has 0 amide bonds. The Hall–Kier alpha value is -3.77. The number of H-pyrrole nitrogens is 1. The van der Waals surface area contributed by atoms with E-state index >= 15 is 0 Å². The van der Waals surface area contributed by atoms with Crippen LogP contribution in [-0.4, -0.2) is 14.9 Å². The number of nitro groups is 1. The zero-order valence-corrected chi connectivity index (χ0v) is 18.0. The van der Waals surface area contributed by atoms with Crippen molar-refractivity contribution in [3.05, 3.63) is 118 Å². The van der Waals surface area contributed by atoms with Crippen LogP contribution in [0.3, 0.4) is 0 Å². The molecule has 31 heavy (non-hydrogen) atoms. The maximum atomic E-state index is 11.0. The fourth-order valence-electron chi connectivity index (χ4n) is 3.29. The smallest absolute Gasteiger partial charge is 0.295 e. The molecule has 0 bridgehead atoms. The molecule has 0 saturated heterocycles. The minimum atomic E-state index is -0.415. The number of halogens is 1. The molecule has 0 aliphatic carbocycles. The molecular weight excluding hydrogens is 454 g/mol. The fraction of sp³-hybridized carbons (Fsp3) is 0. The number of fused-ring (bicyclic) bond motifs is 1. The van der Waals surface area contributed by atoms with Gasteiger partial charge in [0.1, 0.15) is 6.20 Å². The van der Waals surface area contributed by atoms with Gasteiger partial charge >= 0.3 is 0 Å². The van der Waals surface area contributed by atoms with Crippen molar-refractivity contribution in [3.8, 4) is 22.3 Å². The van der Waals surface area contributed by atoms with Gasteiger partial charge in [-0.2, -0.15) is 0 Å². The Balaban J connectivity index is 0.000000158. The summed E-state index contributed by atoms with van der Waals surface area (Å²) in [5, 5.41) is 12.0. The number of nitrogens with zero attached hydrogens (tertiary/aromatic N) is 2. The number of aromatic amines is 1. The predicted octanol–water partition coefficient (Wildman–Crippen LogP) is 7.25. The fourth-order valence-corrected chi connectivity index (χ4v) is 3.69. The molecule has 0 atom stereocenters. The molecular formula is C25H18BrN3O2. The van der Waals surface area contributed by atoms with Crippen molar-refractivity contribution >= 4 is 32.5 Å². The number of hydrogen-bond donors (Lipinski definition) is 1. The lowest BCUT2D eigenvalue weighted by Crippen LogP contribution is -1.92. The van der Waals surface area contributed by atoms with E-state index in [1.807, 2.05) is 48.7 Å². The summed E-state index contributed by atoms with van der Waals surface area (Å²) < 4.78 is 1.12. The summed E-state index contributed by atoms with van der Waals surface area (Å²) in [6.07, 6.45) is 4.67. The van der Waals surface area contributed by atoms with Crippen molar-refractivity contribution in [1.82, 2.24) is 9.97 Å². The van der Waals surface area contributed by atoms with Crippen LogP contribution in [0, 0.1) is 10.1 Å². The zero-order chi connectivity index (χ0) is 21.6. The molecule has 5 aromatic rings. The molecule has 0 radical (unpaired) electrons. The van der Waals surface area contributed by atoms with Gasteiger partial charge in [-0.1, -0.05) is 70.5 Å². The van der Waals surface area contributed by atoms with Crippen molar-refractivity contribution in [2.24, 2.45) is 0 Å². The van der Waals surface area contributed by atoms with Crippen LogP contribution in [0.5, 0.6) is 0 Å². The lowest BCUT2D eigenvalue weighted by molar-refractivity contribution is -0.384. The third-order valence-electron chi connectivity index (χ3n) is 4.79. The molecule has 2 aromatic heterocycles. The van der Waals surface area contributed by atoms with Crippen LogP contribution in [0.4, 0.5) is 5.69 Å². The summed E-state index contributed by atoms with van der Waals surface area (Å²) in [7, 11) is 0. The number of benzene rings is 3. The van der Waals surface area contributed by atoms with Gasteiger partial charge in [0.2, 0.25) is 0 Å². The molecule has 0 unspecified atom stereocenters. The summed E-state index contributed by atoms with van der Waals surface area (Å²) in [5.74, 6) is 0. The van der Waals surface area contributed by atoms with Gasteiger partial charge in [-0.05, 0) is 52.4 Å². The Bertz CT molecular complexity index is 1330. The molecule has 6 heteroatoms. The Morgan fingerprint density at radius 2 is 1.65 bits per heavy atom. The highest BCUT2D eigenvalue weighted by Gasteiger charge is 2.15. The monoisotopic (exact) mass is 471 g/mol. The van der Waals surface area contributed by atoms with Crippen molar-refractivity contribution in [2.75, 3.05) is 0 Å². The predicted molar refractivity (Wildman–Crippen MR) is 128 cm³/mol. The Morgan fingerprint density at radius 1 is 0.839 bits per heavy atom. The minimum absolute atomic E-state index is 0.0170. The number of hydrogen-bond acceptors (Lipinski definition) is 3. The average Bonchev–Trinajstić information content (AvgIpc) is 3.28. The number of pyridine rings is 1. The standard InChI is InChI=1S/C13H9N3O2.C12H9Br/c17-16(18)13-8-14-5-4-11(13)10-2-1-9-3-6-15-12(9)7-10;13-12-8-4-7-11(9-12)10-5-2-1-3-6-10/h1-8,15H;1-9H. The largest absolute Gasteiger partial charge is 0.361 e. The molecule has 0 aliphatic heterocycles. The number of aromatic nitrogens is 2. The van der Waals surface area contributed by atoms with Crippen LogP contribution in [0.15, 0.2) is 108 Å². The van der Waals surface area contributed by atoms with Crippen LogP contribution < -0.4 is 0 Å². The summed E-state index contributed by atoms with van der Waals surface area (Å²) in [6, 6.07) is 28.0. The summed E-state index contributed by atoms with van der Waals surface area (Å²) >= 11 is 3.46. The topological polar surface area (TPSA) is 71.8 Å². The quantitative estimate of drug-likeness (QED) is 0.222. The van der Waals surface area contributed by atoms with Crippen molar-refractivity contribution in [2.45, 2.75) is 0 Å². The second-order valence-electron chi connectivity index (χ2n) is 6.81. The summed E-state index contributed by atoms with van der Waals surface area (Å²) in [6.45, 7) is 0. The van der Waals surface area contributed by atoms with Crippen molar-refractivity contribution in [3.63, 3.8) is 0 Å². The van der Waals surface area contributed by atoms with Gasteiger partial charge in [0, 0.05) is 22.4 Å². The first-order valence-corrected chi connectivity index (χ1v) is 10.4. The van der Waals surface area contributed by atoms with Crippen LogP contribution in [0.2, 0.25) is 0 Å². The van der Waals surface area contributed by atoms with E-state index in [0.29, 0.717) is 5.56 Å². The van der Waals surface area contributed by atoms with E-state index < -0.39 is 4.92 Å². The summed E-state index contributed by atoms with van der Waals surface area (Å²) in [4.78, 5) is 17.4. The maximum absolute atomic E-state index is 11.0. The van der Waals surface area contributed by atoms with E-state index in [2.05, 4.69) is 62.3 Å². The Kier molecular flexibility index (Phi) is 6.19. The van der Waals surface area contributed by atoms with Gasteiger partial charge in [0.25, 0.3) is 5.69 Å². The van der Waals surface area contributed by atoms with E-state index in [1.54, 1.807) is 12.3 Å². The van der Waals surface area contributed by atoms with Crippen LogP contribution in [0.25, 0.3) is 33.2 Å².